The molecule has 0 aliphatic carbocycles. The van der Waals surface area contributed by atoms with E-state index in [1.54, 1.807) is 32.9 Å². The van der Waals surface area contributed by atoms with Crippen LogP contribution < -0.4 is 0 Å². The SMILES string of the molecule is CC(=O)O[C@@H](C)c1cc([C@H](C)O)cc([C@@H](C)OC(C)=O)c1. The number of hydrogen-bond acceptors (Lipinski definition) is 5. The van der Waals surface area contributed by atoms with Crippen LogP contribution in [0.1, 0.15) is 69.6 Å². The molecular formula is C16H22O5. The maximum atomic E-state index is 11.1. The van der Waals surface area contributed by atoms with Crippen molar-refractivity contribution < 1.29 is 24.2 Å². The van der Waals surface area contributed by atoms with Gasteiger partial charge in [0.1, 0.15) is 12.2 Å². The molecule has 0 aliphatic heterocycles. The topological polar surface area (TPSA) is 72.8 Å². The number of rotatable bonds is 5. The Hall–Kier alpha value is -1.88. The van der Waals surface area contributed by atoms with E-state index in [4.69, 9.17) is 9.47 Å². The molecule has 1 rings (SSSR count). The van der Waals surface area contributed by atoms with Crippen molar-refractivity contribution in [1.29, 1.82) is 0 Å². The molecule has 0 aliphatic rings. The molecule has 0 saturated heterocycles. The Morgan fingerprint density at radius 1 is 0.857 bits per heavy atom. The van der Waals surface area contributed by atoms with E-state index in [-0.39, 0.29) is 11.9 Å². The minimum Gasteiger partial charge on any atom is -0.458 e. The Morgan fingerprint density at radius 2 is 1.19 bits per heavy atom. The number of ether oxygens (including phenoxy) is 2. The Labute approximate surface area is 124 Å². The number of esters is 2. The Kier molecular flexibility index (Phi) is 5.90. The molecule has 1 N–H and O–H groups in total. The molecule has 116 valence electrons. The lowest BCUT2D eigenvalue weighted by molar-refractivity contribution is -0.146. The number of carbonyl (C=O) groups is 2. The highest BCUT2D eigenvalue weighted by atomic mass is 16.5. The summed E-state index contributed by atoms with van der Waals surface area (Å²) in [5, 5.41) is 9.78. The lowest BCUT2D eigenvalue weighted by Gasteiger charge is -2.19. The molecule has 5 nitrogen and oxygen atoms in total. The second-order valence-corrected chi connectivity index (χ2v) is 5.11. The van der Waals surface area contributed by atoms with Gasteiger partial charge in [-0.3, -0.25) is 9.59 Å². The molecule has 1 aromatic rings. The van der Waals surface area contributed by atoms with Crippen LogP contribution >= 0.6 is 0 Å². The molecule has 0 fully saturated rings. The van der Waals surface area contributed by atoms with E-state index in [2.05, 4.69) is 0 Å². The molecule has 5 heteroatoms. The summed E-state index contributed by atoms with van der Waals surface area (Å²) >= 11 is 0. The van der Waals surface area contributed by atoms with Gasteiger partial charge in [-0.05, 0) is 55.7 Å². The molecule has 0 amide bonds. The first-order chi connectivity index (χ1) is 9.70. The molecule has 1 aromatic carbocycles. The van der Waals surface area contributed by atoms with Crippen LogP contribution in [0.5, 0.6) is 0 Å². The Morgan fingerprint density at radius 3 is 1.48 bits per heavy atom. The number of aliphatic hydroxyl groups excluding tert-OH is 1. The zero-order valence-electron chi connectivity index (χ0n) is 13.0. The number of benzene rings is 1. The lowest BCUT2D eigenvalue weighted by Crippen LogP contribution is -2.09. The van der Waals surface area contributed by atoms with Gasteiger partial charge in [0, 0.05) is 13.8 Å². The van der Waals surface area contributed by atoms with Gasteiger partial charge in [0.2, 0.25) is 0 Å². The summed E-state index contributed by atoms with van der Waals surface area (Å²) in [6, 6.07) is 5.37. The summed E-state index contributed by atoms with van der Waals surface area (Å²) < 4.78 is 10.3. The predicted molar refractivity (Wildman–Crippen MR) is 77.4 cm³/mol. The third-order valence-electron chi connectivity index (χ3n) is 3.11. The standard InChI is InChI=1S/C16H22O5/c1-9(17)14-6-15(10(2)20-12(4)18)8-16(7-14)11(3)21-13(5)19/h6-11,17H,1-5H3/t9-,10-,11+/m0/s1. The summed E-state index contributed by atoms with van der Waals surface area (Å²) in [6.07, 6.45) is -1.55. The average Bonchev–Trinajstić information content (AvgIpc) is 2.36. The second-order valence-electron chi connectivity index (χ2n) is 5.11. The van der Waals surface area contributed by atoms with Gasteiger partial charge < -0.3 is 14.6 Å². The van der Waals surface area contributed by atoms with E-state index >= 15 is 0 Å². The van der Waals surface area contributed by atoms with Gasteiger partial charge in [0.25, 0.3) is 0 Å². The first kappa shape index (κ1) is 17.2. The fourth-order valence-electron chi connectivity index (χ4n) is 2.05. The highest BCUT2D eigenvalue weighted by Crippen LogP contribution is 2.28. The number of aliphatic hydroxyl groups is 1. The Balaban J connectivity index is 3.16. The lowest BCUT2D eigenvalue weighted by atomic mass is 9.97. The monoisotopic (exact) mass is 294 g/mol. The maximum absolute atomic E-state index is 11.1. The fraction of sp³-hybridized carbons (Fsp3) is 0.500. The van der Waals surface area contributed by atoms with E-state index in [1.807, 2.05) is 6.07 Å². The van der Waals surface area contributed by atoms with Crippen LogP contribution in [-0.2, 0) is 19.1 Å². The van der Waals surface area contributed by atoms with Gasteiger partial charge in [-0.15, -0.1) is 0 Å². The summed E-state index contributed by atoms with van der Waals surface area (Å²) in [5.41, 5.74) is 2.18. The highest BCUT2D eigenvalue weighted by Gasteiger charge is 2.16. The molecule has 3 atom stereocenters. The number of carbonyl (C=O) groups excluding carboxylic acids is 2. The van der Waals surface area contributed by atoms with Crippen molar-refractivity contribution in [2.75, 3.05) is 0 Å². The van der Waals surface area contributed by atoms with Crippen molar-refractivity contribution in [1.82, 2.24) is 0 Å². The van der Waals surface area contributed by atoms with Crippen LogP contribution in [0.15, 0.2) is 18.2 Å². The molecular weight excluding hydrogens is 272 g/mol. The third kappa shape index (κ3) is 5.19. The predicted octanol–water partition coefficient (Wildman–Crippen LogP) is 2.99. The number of hydrogen-bond donors (Lipinski definition) is 1. The quantitative estimate of drug-likeness (QED) is 0.845. The van der Waals surface area contributed by atoms with Crippen LogP contribution in [0.3, 0.4) is 0 Å². The highest BCUT2D eigenvalue weighted by molar-refractivity contribution is 5.66. The summed E-state index contributed by atoms with van der Waals surface area (Å²) in [7, 11) is 0. The van der Waals surface area contributed by atoms with Crippen molar-refractivity contribution in [2.45, 2.75) is 52.9 Å². The molecule has 0 unspecified atom stereocenters. The van der Waals surface area contributed by atoms with Gasteiger partial charge in [0.05, 0.1) is 6.10 Å². The Bertz CT molecular complexity index is 481. The van der Waals surface area contributed by atoms with Crippen LogP contribution in [0.2, 0.25) is 0 Å². The summed E-state index contributed by atoms with van der Waals surface area (Å²) in [4.78, 5) is 22.1. The van der Waals surface area contributed by atoms with Crippen molar-refractivity contribution in [3.8, 4) is 0 Å². The van der Waals surface area contributed by atoms with Crippen molar-refractivity contribution in [3.63, 3.8) is 0 Å². The molecule has 0 bridgehead atoms. The molecule has 0 radical (unpaired) electrons. The van der Waals surface area contributed by atoms with Gasteiger partial charge in [-0.2, -0.15) is 0 Å². The fourth-order valence-corrected chi connectivity index (χ4v) is 2.05. The van der Waals surface area contributed by atoms with Crippen molar-refractivity contribution >= 4 is 11.9 Å². The largest absolute Gasteiger partial charge is 0.458 e. The van der Waals surface area contributed by atoms with Crippen molar-refractivity contribution in [2.24, 2.45) is 0 Å². The van der Waals surface area contributed by atoms with Gasteiger partial charge in [0.15, 0.2) is 0 Å². The molecule has 21 heavy (non-hydrogen) atoms. The van der Waals surface area contributed by atoms with Crippen molar-refractivity contribution in [3.05, 3.63) is 34.9 Å². The minimum atomic E-state index is -0.669. The first-order valence-corrected chi connectivity index (χ1v) is 6.88. The molecule has 0 saturated carbocycles. The summed E-state index contributed by atoms with van der Waals surface area (Å²) in [5.74, 6) is -0.751. The molecule has 0 heterocycles. The van der Waals surface area contributed by atoms with E-state index in [1.165, 1.54) is 13.8 Å². The summed E-state index contributed by atoms with van der Waals surface area (Å²) in [6.45, 7) is 7.84. The normalized spacial score (nSPS) is 15.0. The minimum absolute atomic E-state index is 0.375. The second kappa shape index (κ2) is 7.22. The van der Waals surface area contributed by atoms with Crippen LogP contribution in [0.4, 0.5) is 0 Å². The van der Waals surface area contributed by atoms with Gasteiger partial charge in [-0.25, -0.2) is 0 Å². The zero-order chi connectivity index (χ0) is 16.2. The van der Waals surface area contributed by atoms with E-state index < -0.39 is 18.3 Å². The maximum Gasteiger partial charge on any atom is 0.303 e. The van der Waals surface area contributed by atoms with Crippen LogP contribution in [0, 0.1) is 0 Å². The molecule has 0 spiro atoms. The van der Waals surface area contributed by atoms with Gasteiger partial charge >= 0.3 is 11.9 Å². The van der Waals surface area contributed by atoms with Gasteiger partial charge in [-0.1, -0.05) is 0 Å². The average molecular weight is 294 g/mol. The first-order valence-electron chi connectivity index (χ1n) is 6.88. The van der Waals surface area contributed by atoms with E-state index in [9.17, 15) is 14.7 Å². The zero-order valence-corrected chi connectivity index (χ0v) is 13.0. The third-order valence-corrected chi connectivity index (χ3v) is 3.11. The van der Waals surface area contributed by atoms with Crippen LogP contribution in [-0.4, -0.2) is 17.0 Å². The molecule has 0 aromatic heterocycles. The smallest absolute Gasteiger partial charge is 0.303 e. The van der Waals surface area contributed by atoms with Crippen LogP contribution in [0.25, 0.3) is 0 Å². The van der Waals surface area contributed by atoms with E-state index in [0.29, 0.717) is 5.56 Å². The van der Waals surface area contributed by atoms with E-state index in [0.717, 1.165) is 11.1 Å².